The summed E-state index contributed by atoms with van der Waals surface area (Å²) in [6, 6.07) is 4.48. The van der Waals surface area contributed by atoms with E-state index in [4.69, 9.17) is 0 Å². The molecule has 3 nitrogen and oxygen atoms in total. The van der Waals surface area contributed by atoms with Crippen molar-refractivity contribution >= 4 is 21.8 Å². The number of hydrogen-bond acceptors (Lipinski definition) is 2. The van der Waals surface area contributed by atoms with Crippen LogP contribution in [0.5, 0.6) is 0 Å². The number of amides is 1. The first-order valence-corrected chi connectivity index (χ1v) is 7.81. The topological polar surface area (TPSA) is 32.3 Å². The molecule has 1 heterocycles. The SMILES string of the molecule is CC(CNC(=O)c1ccc(Br)cc1F)CN1CCCC1. The summed E-state index contributed by atoms with van der Waals surface area (Å²) in [4.78, 5) is 14.4. The number of benzene rings is 1. The molecule has 1 atom stereocenters. The van der Waals surface area contributed by atoms with Gasteiger partial charge in [-0.1, -0.05) is 22.9 Å². The lowest BCUT2D eigenvalue weighted by molar-refractivity contribution is 0.0941. The third-order valence-corrected chi connectivity index (χ3v) is 4.05. The van der Waals surface area contributed by atoms with E-state index in [1.165, 1.54) is 25.0 Å². The van der Waals surface area contributed by atoms with Crippen LogP contribution < -0.4 is 5.32 Å². The van der Waals surface area contributed by atoms with Crippen LogP contribution in [0.2, 0.25) is 0 Å². The summed E-state index contributed by atoms with van der Waals surface area (Å²) in [7, 11) is 0. The Morgan fingerprint density at radius 2 is 2.15 bits per heavy atom. The van der Waals surface area contributed by atoms with Crippen LogP contribution in [-0.4, -0.2) is 37.0 Å². The third-order valence-electron chi connectivity index (χ3n) is 3.56. The zero-order valence-corrected chi connectivity index (χ0v) is 13.2. The number of hydrogen-bond donors (Lipinski definition) is 1. The van der Waals surface area contributed by atoms with Gasteiger partial charge in [0.25, 0.3) is 5.91 Å². The summed E-state index contributed by atoms with van der Waals surface area (Å²) in [5.74, 6) is -0.470. The number of halogens is 2. The molecule has 1 aromatic carbocycles. The van der Waals surface area contributed by atoms with Crippen molar-refractivity contribution in [1.29, 1.82) is 0 Å². The minimum absolute atomic E-state index is 0.0987. The molecule has 20 heavy (non-hydrogen) atoms. The standard InChI is InChI=1S/C15H20BrFN2O/c1-11(10-19-6-2-3-7-19)9-18-15(20)13-5-4-12(16)8-14(13)17/h4-5,8,11H,2-3,6-7,9-10H2,1H3,(H,18,20). The van der Waals surface area contributed by atoms with Crippen molar-refractivity contribution in [3.8, 4) is 0 Å². The minimum Gasteiger partial charge on any atom is -0.352 e. The largest absolute Gasteiger partial charge is 0.352 e. The molecule has 110 valence electrons. The average Bonchev–Trinajstić information content (AvgIpc) is 2.89. The van der Waals surface area contributed by atoms with Crippen LogP contribution in [0.3, 0.4) is 0 Å². The fourth-order valence-electron chi connectivity index (χ4n) is 2.51. The molecule has 0 saturated carbocycles. The van der Waals surface area contributed by atoms with E-state index in [2.05, 4.69) is 33.1 Å². The fraction of sp³-hybridized carbons (Fsp3) is 0.533. The van der Waals surface area contributed by atoms with Crippen molar-refractivity contribution in [2.45, 2.75) is 19.8 Å². The van der Waals surface area contributed by atoms with Crippen molar-refractivity contribution in [3.05, 3.63) is 34.1 Å². The summed E-state index contributed by atoms with van der Waals surface area (Å²) in [5, 5.41) is 2.81. The van der Waals surface area contributed by atoms with Crippen LogP contribution in [0.25, 0.3) is 0 Å². The van der Waals surface area contributed by atoms with E-state index in [0.717, 1.165) is 19.6 Å². The lowest BCUT2D eigenvalue weighted by Gasteiger charge is -2.20. The maximum atomic E-state index is 13.7. The smallest absolute Gasteiger partial charge is 0.254 e. The Morgan fingerprint density at radius 3 is 2.80 bits per heavy atom. The molecule has 0 radical (unpaired) electrons. The second kappa shape index (κ2) is 7.18. The van der Waals surface area contributed by atoms with Gasteiger partial charge in [-0.15, -0.1) is 0 Å². The van der Waals surface area contributed by atoms with E-state index in [1.807, 2.05) is 0 Å². The highest BCUT2D eigenvalue weighted by Gasteiger charge is 2.16. The summed E-state index contributed by atoms with van der Waals surface area (Å²) in [6.45, 7) is 5.98. The van der Waals surface area contributed by atoms with Gasteiger partial charge >= 0.3 is 0 Å². The van der Waals surface area contributed by atoms with Crippen LogP contribution in [0.4, 0.5) is 4.39 Å². The third kappa shape index (κ3) is 4.28. The monoisotopic (exact) mass is 342 g/mol. The van der Waals surface area contributed by atoms with E-state index >= 15 is 0 Å². The molecule has 1 fully saturated rings. The van der Waals surface area contributed by atoms with Gasteiger partial charge < -0.3 is 10.2 Å². The molecule has 1 saturated heterocycles. The Balaban J connectivity index is 1.81. The van der Waals surface area contributed by atoms with Crippen LogP contribution in [-0.2, 0) is 0 Å². The maximum Gasteiger partial charge on any atom is 0.254 e. The number of nitrogens with zero attached hydrogens (tertiary/aromatic N) is 1. The van der Waals surface area contributed by atoms with Gasteiger partial charge in [-0.05, 0) is 50.0 Å². The summed E-state index contributed by atoms with van der Waals surface area (Å²) in [5.41, 5.74) is 0.0987. The molecule has 0 spiro atoms. The van der Waals surface area contributed by atoms with Crippen molar-refractivity contribution in [3.63, 3.8) is 0 Å². The highest BCUT2D eigenvalue weighted by molar-refractivity contribution is 9.10. The number of carbonyl (C=O) groups is 1. The van der Waals surface area contributed by atoms with Crippen LogP contribution in [0.1, 0.15) is 30.1 Å². The number of likely N-dealkylation sites (tertiary alicyclic amines) is 1. The van der Waals surface area contributed by atoms with Gasteiger partial charge in [-0.25, -0.2) is 4.39 Å². The molecule has 5 heteroatoms. The first-order valence-electron chi connectivity index (χ1n) is 7.02. The minimum atomic E-state index is -0.496. The molecule has 0 bridgehead atoms. The Labute approximate surface area is 127 Å². The lowest BCUT2D eigenvalue weighted by atomic mass is 10.1. The average molecular weight is 343 g/mol. The van der Waals surface area contributed by atoms with Crippen LogP contribution in [0, 0.1) is 11.7 Å². The van der Waals surface area contributed by atoms with Gasteiger partial charge in [0.2, 0.25) is 0 Å². The second-order valence-electron chi connectivity index (χ2n) is 5.45. The van der Waals surface area contributed by atoms with E-state index in [0.29, 0.717) is 16.9 Å². The van der Waals surface area contributed by atoms with Gasteiger partial charge in [0, 0.05) is 17.6 Å². The number of rotatable bonds is 5. The molecule has 1 aliphatic heterocycles. The predicted molar refractivity (Wildman–Crippen MR) is 81.3 cm³/mol. The van der Waals surface area contributed by atoms with Crippen molar-refractivity contribution in [2.24, 2.45) is 5.92 Å². The Kier molecular flexibility index (Phi) is 5.54. The van der Waals surface area contributed by atoms with E-state index in [9.17, 15) is 9.18 Å². The lowest BCUT2D eigenvalue weighted by Crippen LogP contribution is -2.34. The Hall–Kier alpha value is -0.940. The van der Waals surface area contributed by atoms with Gasteiger partial charge in [0.15, 0.2) is 0 Å². The molecule has 1 amide bonds. The second-order valence-corrected chi connectivity index (χ2v) is 6.36. The van der Waals surface area contributed by atoms with Crippen molar-refractivity contribution in [1.82, 2.24) is 10.2 Å². The maximum absolute atomic E-state index is 13.7. The molecule has 0 aromatic heterocycles. The molecular formula is C15H20BrFN2O. The van der Waals surface area contributed by atoms with Gasteiger partial charge in [0.05, 0.1) is 5.56 Å². The van der Waals surface area contributed by atoms with Crippen LogP contribution >= 0.6 is 15.9 Å². The molecule has 1 N–H and O–H groups in total. The fourth-order valence-corrected chi connectivity index (χ4v) is 2.84. The van der Waals surface area contributed by atoms with Crippen LogP contribution in [0.15, 0.2) is 22.7 Å². The van der Waals surface area contributed by atoms with Gasteiger partial charge in [0.1, 0.15) is 5.82 Å². The Morgan fingerprint density at radius 1 is 1.45 bits per heavy atom. The summed E-state index contributed by atoms with van der Waals surface area (Å²) >= 11 is 3.18. The summed E-state index contributed by atoms with van der Waals surface area (Å²) < 4.78 is 14.3. The highest BCUT2D eigenvalue weighted by atomic mass is 79.9. The van der Waals surface area contributed by atoms with Crippen molar-refractivity contribution in [2.75, 3.05) is 26.2 Å². The first kappa shape index (κ1) is 15.4. The summed E-state index contributed by atoms with van der Waals surface area (Å²) in [6.07, 6.45) is 2.53. The number of carbonyl (C=O) groups excluding carboxylic acids is 1. The predicted octanol–water partition coefficient (Wildman–Crippen LogP) is 3.05. The van der Waals surface area contributed by atoms with Gasteiger partial charge in [-0.2, -0.15) is 0 Å². The molecule has 0 aliphatic carbocycles. The quantitative estimate of drug-likeness (QED) is 0.891. The number of nitrogens with one attached hydrogen (secondary N) is 1. The molecule has 2 rings (SSSR count). The molecular weight excluding hydrogens is 323 g/mol. The van der Waals surface area contributed by atoms with E-state index in [1.54, 1.807) is 6.07 Å². The normalized spacial score (nSPS) is 17.1. The van der Waals surface area contributed by atoms with E-state index in [-0.39, 0.29) is 11.5 Å². The van der Waals surface area contributed by atoms with E-state index < -0.39 is 5.82 Å². The van der Waals surface area contributed by atoms with Crippen molar-refractivity contribution < 1.29 is 9.18 Å². The molecule has 1 unspecified atom stereocenters. The zero-order chi connectivity index (χ0) is 14.5. The zero-order valence-electron chi connectivity index (χ0n) is 11.7. The van der Waals surface area contributed by atoms with Gasteiger partial charge in [-0.3, -0.25) is 4.79 Å². The molecule has 1 aliphatic rings. The molecule has 1 aromatic rings. The first-order chi connectivity index (χ1) is 9.56. The highest BCUT2D eigenvalue weighted by Crippen LogP contribution is 2.15. The Bertz CT molecular complexity index is 475.